The van der Waals surface area contributed by atoms with E-state index in [1.54, 1.807) is 29.5 Å². The molecule has 1 aromatic carbocycles. The van der Waals surface area contributed by atoms with Crippen molar-refractivity contribution in [1.82, 2.24) is 9.97 Å². The Morgan fingerprint density at radius 1 is 1.30 bits per heavy atom. The molecule has 0 aliphatic heterocycles. The number of methoxy groups -OCH3 is 1. The number of thiophene rings is 1. The molecule has 0 spiro atoms. The number of aliphatic carboxylic acids is 1. The summed E-state index contributed by atoms with van der Waals surface area (Å²) in [6.45, 7) is -0.461. The quantitative estimate of drug-likeness (QED) is 0.699. The van der Waals surface area contributed by atoms with Gasteiger partial charge in [0, 0.05) is 10.4 Å². The van der Waals surface area contributed by atoms with E-state index >= 15 is 0 Å². The number of aromatic amines is 1. The lowest BCUT2D eigenvalue weighted by Crippen LogP contribution is -2.11. The van der Waals surface area contributed by atoms with Gasteiger partial charge in [-0.15, -0.1) is 11.3 Å². The Morgan fingerprint density at radius 2 is 2.11 bits per heavy atom. The molecule has 2 N–H and O–H groups in total. The minimum Gasteiger partial charge on any atom is -0.493 e. The van der Waals surface area contributed by atoms with Crippen molar-refractivity contribution in [1.29, 1.82) is 0 Å². The maximum Gasteiger partial charge on any atom is 0.341 e. The number of carbonyl (C=O) groups is 1. The van der Waals surface area contributed by atoms with Crippen LogP contribution in [0.5, 0.6) is 11.5 Å². The van der Waals surface area contributed by atoms with Crippen molar-refractivity contribution < 1.29 is 19.4 Å². The van der Waals surface area contributed by atoms with E-state index in [0.29, 0.717) is 28.3 Å². The lowest BCUT2D eigenvalue weighted by Gasteiger charge is -2.11. The van der Waals surface area contributed by atoms with Gasteiger partial charge in [0.1, 0.15) is 10.7 Å². The smallest absolute Gasteiger partial charge is 0.341 e. The molecule has 8 heteroatoms. The van der Waals surface area contributed by atoms with E-state index in [-0.39, 0.29) is 5.56 Å². The number of fused-ring (bicyclic) bond motifs is 3. The molecule has 2 heterocycles. The van der Waals surface area contributed by atoms with Crippen LogP contribution in [0, 0.1) is 0 Å². The average molecular weight is 386 g/mol. The molecule has 0 fully saturated rings. The number of rotatable bonds is 5. The largest absolute Gasteiger partial charge is 0.493 e. The van der Waals surface area contributed by atoms with Crippen molar-refractivity contribution in [3.8, 4) is 22.9 Å². The fourth-order valence-corrected chi connectivity index (χ4v) is 4.64. The Morgan fingerprint density at radius 3 is 2.89 bits per heavy atom. The monoisotopic (exact) mass is 386 g/mol. The summed E-state index contributed by atoms with van der Waals surface area (Å²) in [6, 6.07) is 5.01. The van der Waals surface area contributed by atoms with E-state index in [0.717, 1.165) is 36.1 Å². The van der Waals surface area contributed by atoms with Gasteiger partial charge in [-0.2, -0.15) is 0 Å². The van der Waals surface area contributed by atoms with Gasteiger partial charge in [0.15, 0.2) is 18.1 Å². The lowest BCUT2D eigenvalue weighted by atomic mass is 9.97. The topological polar surface area (TPSA) is 102 Å². The van der Waals surface area contributed by atoms with Gasteiger partial charge in [0.2, 0.25) is 0 Å². The Hall–Kier alpha value is -2.87. The van der Waals surface area contributed by atoms with Gasteiger partial charge in [-0.1, -0.05) is 0 Å². The first-order valence-electron chi connectivity index (χ1n) is 8.64. The van der Waals surface area contributed by atoms with Crippen LogP contribution in [0.25, 0.3) is 21.6 Å². The second-order valence-corrected chi connectivity index (χ2v) is 7.44. The third kappa shape index (κ3) is 3.28. The molecule has 0 atom stereocenters. The van der Waals surface area contributed by atoms with Crippen LogP contribution < -0.4 is 15.0 Å². The molecule has 0 amide bonds. The summed E-state index contributed by atoms with van der Waals surface area (Å²) in [7, 11) is 1.47. The van der Waals surface area contributed by atoms with Crippen LogP contribution in [0.15, 0.2) is 23.0 Å². The van der Waals surface area contributed by atoms with E-state index in [2.05, 4.69) is 9.97 Å². The molecule has 1 aliphatic carbocycles. The van der Waals surface area contributed by atoms with Gasteiger partial charge in [0.25, 0.3) is 5.56 Å². The predicted molar refractivity (Wildman–Crippen MR) is 102 cm³/mol. The average Bonchev–Trinajstić information content (AvgIpc) is 3.05. The van der Waals surface area contributed by atoms with Crippen LogP contribution in [0.1, 0.15) is 23.3 Å². The van der Waals surface area contributed by atoms with Crippen LogP contribution in [-0.4, -0.2) is 34.8 Å². The lowest BCUT2D eigenvalue weighted by molar-refractivity contribution is -0.139. The van der Waals surface area contributed by atoms with Gasteiger partial charge in [-0.05, 0) is 49.4 Å². The number of hydrogen-bond donors (Lipinski definition) is 2. The minimum absolute atomic E-state index is 0.125. The molecule has 0 bridgehead atoms. The normalized spacial score (nSPS) is 13.4. The summed E-state index contributed by atoms with van der Waals surface area (Å²) in [5.74, 6) is 0.0778. The number of aromatic nitrogens is 2. The summed E-state index contributed by atoms with van der Waals surface area (Å²) >= 11 is 1.59. The van der Waals surface area contributed by atoms with Crippen LogP contribution in [0.3, 0.4) is 0 Å². The third-order valence-electron chi connectivity index (χ3n) is 4.61. The number of hydrogen-bond acceptors (Lipinski definition) is 6. The van der Waals surface area contributed by atoms with Crippen molar-refractivity contribution >= 4 is 27.5 Å². The molecular weight excluding hydrogens is 368 g/mol. The number of nitrogens with zero attached hydrogens (tertiary/aromatic N) is 1. The number of carboxylic acids is 1. The van der Waals surface area contributed by atoms with Crippen LogP contribution >= 0.6 is 11.3 Å². The van der Waals surface area contributed by atoms with E-state index < -0.39 is 12.6 Å². The van der Waals surface area contributed by atoms with Crippen LogP contribution in [0.4, 0.5) is 0 Å². The minimum atomic E-state index is -1.07. The second-order valence-electron chi connectivity index (χ2n) is 6.35. The SMILES string of the molecule is COc1cc(-c2nc3sc4c(c3c(=O)[nH]2)CCCC4)ccc1OCC(=O)O. The standard InChI is InChI=1S/C19H18N2O5S/c1-25-13-8-10(6-7-12(13)26-9-15(22)23)17-20-18(24)16-11-4-2-3-5-14(11)27-19(16)21-17/h6-8H,2-5,9H2,1H3,(H,22,23)(H,20,21,24). The molecule has 0 unspecified atom stereocenters. The molecule has 3 aromatic rings. The molecule has 4 rings (SSSR count). The first kappa shape index (κ1) is 17.5. The van der Waals surface area contributed by atoms with Gasteiger partial charge in [-0.25, -0.2) is 9.78 Å². The van der Waals surface area contributed by atoms with E-state index in [4.69, 9.17) is 14.6 Å². The molecule has 140 valence electrons. The number of H-pyrrole nitrogens is 1. The van der Waals surface area contributed by atoms with Crippen molar-refractivity contribution in [3.05, 3.63) is 39.0 Å². The highest BCUT2D eigenvalue weighted by Crippen LogP contribution is 2.35. The summed E-state index contributed by atoms with van der Waals surface area (Å²) in [5, 5.41) is 9.47. The Bertz CT molecular complexity index is 1090. The van der Waals surface area contributed by atoms with Gasteiger partial charge < -0.3 is 19.6 Å². The fraction of sp³-hybridized carbons (Fsp3) is 0.316. The van der Waals surface area contributed by atoms with Gasteiger partial charge in [-0.3, -0.25) is 4.79 Å². The van der Waals surface area contributed by atoms with Crippen molar-refractivity contribution in [2.45, 2.75) is 25.7 Å². The number of benzene rings is 1. The zero-order chi connectivity index (χ0) is 19.0. The van der Waals surface area contributed by atoms with Crippen molar-refractivity contribution in [3.63, 3.8) is 0 Å². The molecule has 1 aliphatic rings. The van der Waals surface area contributed by atoms with Crippen molar-refractivity contribution in [2.75, 3.05) is 13.7 Å². The van der Waals surface area contributed by atoms with Gasteiger partial charge >= 0.3 is 5.97 Å². The van der Waals surface area contributed by atoms with Crippen LogP contribution in [-0.2, 0) is 17.6 Å². The number of carboxylic acid groups (broad SMARTS) is 1. The Labute approximate surface area is 158 Å². The van der Waals surface area contributed by atoms with E-state index in [9.17, 15) is 9.59 Å². The maximum atomic E-state index is 12.7. The first-order chi connectivity index (χ1) is 13.1. The summed E-state index contributed by atoms with van der Waals surface area (Å²) < 4.78 is 10.5. The summed E-state index contributed by atoms with van der Waals surface area (Å²) in [5.41, 5.74) is 1.69. The maximum absolute atomic E-state index is 12.7. The number of nitrogens with one attached hydrogen (secondary N) is 1. The Balaban J connectivity index is 1.76. The molecule has 2 aromatic heterocycles. The molecule has 0 saturated heterocycles. The molecule has 7 nitrogen and oxygen atoms in total. The molecular formula is C19H18N2O5S. The highest BCUT2D eigenvalue weighted by Gasteiger charge is 2.20. The van der Waals surface area contributed by atoms with E-state index in [1.165, 1.54) is 12.0 Å². The first-order valence-corrected chi connectivity index (χ1v) is 9.46. The predicted octanol–water partition coefficient (Wildman–Crippen LogP) is 3.00. The molecule has 0 radical (unpaired) electrons. The second kappa shape index (κ2) is 7.03. The highest BCUT2D eigenvalue weighted by molar-refractivity contribution is 7.18. The molecule has 0 saturated carbocycles. The van der Waals surface area contributed by atoms with E-state index in [1.807, 2.05) is 0 Å². The zero-order valence-corrected chi connectivity index (χ0v) is 15.5. The summed E-state index contributed by atoms with van der Waals surface area (Å²) in [4.78, 5) is 32.9. The molecule has 27 heavy (non-hydrogen) atoms. The van der Waals surface area contributed by atoms with Crippen molar-refractivity contribution in [2.24, 2.45) is 0 Å². The highest BCUT2D eigenvalue weighted by atomic mass is 32.1. The number of ether oxygens (including phenoxy) is 2. The summed E-state index contributed by atoms with van der Waals surface area (Å²) in [6.07, 6.45) is 4.20. The zero-order valence-electron chi connectivity index (χ0n) is 14.7. The fourth-order valence-electron chi connectivity index (χ4n) is 3.37. The van der Waals surface area contributed by atoms with Gasteiger partial charge in [0.05, 0.1) is 12.5 Å². The van der Waals surface area contributed by atoms with Crippen LogP contribution in [0.2, 0.25) is 0 Å². The third-order valence-corrected chi connectivity index (χ3v) is 5.80. The Kier molecular flexibility index (Phi) is 4.57. The number of aryl methyl sites for hydroxylation is 2.